The number of hydrogen-bond acceptors (Lipinski definition) is 3. The normalized spacial score (nSPS) is 12.1. The fourth-order valence-electron chi connectivity index (χ4n) is 1.06. The maximum Gasteiger partial charge on any atom is 0.270 e. The summed E-state index contributed by atoms with van der Waals surface area (Å²) in [6.07, 6.45) is 2.13. The summed E-state index contributed by atoms with van der Waals surface area (Å²) in [6, 6.07) is 5.14. The third kappa shape index (κ3) is 3.14. The molecule has 2 N–H and O–H groups in total. The van der Waals surface area contributed by atoms with Crippen LogP contribution in [0.15, 0.2) is 24.4 Å². The second kappa shape index (κ2) is 5.34. The highest BCUT2D eigenvalue weighted by molar-refractivity contribution is 5.92. The zero-order valence-electron chi connectivity index (χ0n) is 8.10. The highest BCUT2D eigenvalue weighted by atomic mass is 16.3. The van der Waals surface area contributed by atoms with Crippen molar-refractivity contribution in [1.29, 1.82) is 0 Å². The molecule has 1 rings (SSSR count). The first kappa shape index (κ1) is 10.7. The Balaban J connectivity index is 2.51. The Hall–Kier alpha value is -1.42. The van der Waals surface area contributed by atoms with Gasteiger partial charge in [0.25, 0.3) is 5.91 Å². The molecule has 0 aromatic carbocycles. The summed E-state index contributed by atoms with van der Waals surface area (Å²) in [5, 5.41) is 11.4. The summed E-state index contributed by atoms with van der Waals surface area (Å²) >= 11 is 0. The molecule has 0 radical (unpaired) electrons. The molecular weight excluding hydrogens is 180 g/mol. The molecule has 0 aliphatic carbocycles. The smallest absolute Gasteiger partial charge is 0.270 e. The van der Waals surface area contributed by atoms with Crippen molar-refractivity contribution < 1.29 is 9.90 Å². The van der Waals surface area contributed by atoms with E-state index in [4.69, 9.17) is 5.11 Å². The Labute approximate surface area is 83.0 Å². The predicted molar refractivity (Wildman–Crippen MR) is 52.9 cm³/mol. The van der Waals surface area contributed by atoms with Crippen molar-refractivity contribution in [1.82, 2.24) is 10.3 Å². The van der Waals surface area contributed by atoms with Crippen LogP contribution in [0, 0.1) is 0 Å². The molecule has 0 spiro atoms. The summed E-state index contributed by atoms with van der Waals surface area (Å²) in [5.74, 6) is -0.202. The first-order valence-corrected chi connectivity index (χ1v) is 4.57. The molecule has 0 bridgehead atoms. The van der Waals surface area contributed by atoms with Gasteiger partial charge in [-0.1, -0.05) is 6.07 Å². The Bertz CT molecular complexity index is 287. The first-order valence-electron chi connectivity index (χ1n) is 4.57. The van der Waals surface area contributed by atoms with E-state index >= 15 is 0 Å². The molecule has 1 amide bonds. The van der Waals surface area contributed by atoms with Crippen LogP contribution in [0.3, 0.4) is 0 Å². The number of carbonyl (C=O) groups excluding carboxylic acids is 1. The number of carbonyl (C=O) groups is 1. The van der Waals surface area contributed by atoms with Crippen LogP contribution in [-0.4, -0.2) is 28.6 Å². The Morgan fingerprint density at radius 1 is 1.64 bits per heavy atom. The predicted octanol–water partition coefficient (Wildman–Crippen LogP) is 0.582. The van der Waals surface area contributed by atoms with E-state index in [1.807, 2.05) is 6.92 Å². The molecule has 0 fully saturated rings. The molecular formula is C10H14N2O2. The molecule has 1 unspecified atom stereocenters. The van der Waals surface area contributed by atoms with Crippen molar-refractivity contribution >= 4 is 5.91 Å². The van der Waals surface area contributed by atoms with Crippen LogP contribution in [0.25, 0.3) is 0 Å². The van der Waals surface area contributed by atoms with Crippen molar-refractivity contribution in [3.05, 3.63) is 30.1 Å². The number of rotatable bonds is 4. The topological polar surface area (TPSA) is 62.2 Å². The van der Waals surface area contributed by atoms with E-state index in [-0.39, 0.29) is 18.6 Å². The second-order valence-corrected chi connectivity index (χ2v) is 3.10. The van der Waals surface area contributed by atoms with Crippen molar-refractivity contribution in [2.75, 3.05) is 6.61 Å². The van der Waals surface area contributed by atoms with Gasteiger partial charge in [0.2, 0.25) is 0 Å². The molecule has 14 heavy (non-hydrogen) atoms. The monoisotopic (exact) mass is 194 g/mol. The number of amides is 1. The van der Waals surface area contributed by atoms with E-state index in [2.05, 4.69) is 10.3 Å². The number of hydrogen-bond donors (Lipinski definition) is 2. The zero-order valence-corrected chi connectivity index (χ0v) is 8.10. The molecule has 0 saturated carbocycles. The molecule has 1 atom stereocenters. The largest absolute Gasteiger partial charge is 0.396 e. The standard InChI is InChI=1S/C10H14N2O2/c1-8(5-7-13)12-10(14)9-4-2-3-6-11-9/h2-4,6,8,13H,5,7H2,1H3,(H,12,14). The van der Waals surface area contributed by atoms with Crippen LogP contribution in [-0.2, 0) is 0 Å². The van der Waals surface area contributed by atoms with Crippen molar-refractivity contribution in [2.24, 2.45) is 0 Å². The lowest BCUT2D eigenvalue weighted by Crippen LogP contribution is -2.33. The maximum absolute atomic E-state index is 11.5. The van der Waals surface area contributed by atoms with Crippen molar-refractivity contribution in [3.63, 3.8) is 0 Å². The quantitative estimate of drug-likeness (QED) is 0.737. The number of pyridine rings is 1. The van der Waals surface area contributed by atoms with E-state index in [0.29, 0.717) is 12.1 Å². The molecule has 0 aliphatic heterocycles. The number of aliphatic hydroxyl groups is 1. The lowest BCUT2D eigenvalue weighted by molar-refractivity contribution is 0.0929. The third-order valence-corrected chi connectivity index (χ3v) is 1.84. The Kier molecular flexibility index (Phi) is 4.07. The van der Waals surface area contributed by atoms with Crippen LogP contribution in [0.1, 0.15) is 23.8 Å². The first-order chi connectivity index (χ1) is 6.74. The zero-order chi connectivity index (χ0) is 10.4. The van der Waals surface area contributed by atoms with Gasteiger partial charge in [-0.25, -0.2) is 0 Å². The number of nitrogens with zero attached hydrogens (tertiary/aromatic N) is 1. The van der Waals surface area contributed by atoms with Gasteiger partial charge in [-0.15, -0.1) is 0 Å². The summed E-state index contributed by atoms with van der Waals surface area (Å²) < 4.78 is 0. The average molecular weight is 194 g/mol. The molecule has 1 aromatic heterocycles. The molecule has 76 valence electrons. The van der Waals surface area contributed by atoms with Gasteiger partial charge in [-0.05, 0) is 25.5 Å². The molecule has 0 saturated heterocycles. The van der Waals surface area contributed by atoms with E-state index in [1.54, 1.807) is 24.4 Å². The molecule has 0 aliphatic rings. The van der Waals surface area contributed by atoms with E-state index in [0.717, 1.165) is 0 Å². The molecule has 1 aromatic rings. The van der Waals surface area contributed by atoms with Crippen LogP contribution in [0.4, 0.5) is 0 Å². The van der Waals surface area contributed by atoms with E-state index < -0.39 is 0 Å². The third-order valence-electron chi connectivity index (χ3n) is 1.84. The van der Waals surface area contributed by atoms with Crippen molar-refractivity contribution in [3.8, 4) is 0 Å². The van der Waals surface area contributed by atoms with Crippen LogP contribution < -0.4 is 5.32 Å². The summed E-state index contributed by atoms with van der Waals surface area (Å²) in [6.45, 7) is 1.92. The van der Waals surface area contributed by atoms with Gasteiger partial charge in [-0.3, -0.25) is 9.78 Å². The Morgan fingerprint density at radius 2 is 2.43 bits per heavy atom. The SMILES string of the molecule is CC(CCO)NC(=O)c1ccccn1. The number of aromatic nitrogens is 1. The van der Waals surface area contributed by atoms with Gasteiger partial charge >= 0.3 is 0 Å². The van der Waals surface area contributed by atoms with E-state index in [9.17, 15) is 4.79 Å². The summed E-state index contributed by atoms with van der Waals surface area (Å²) in [5.41, 5.74) is 0.400. The minimum Gasteiger partial charge on any atom is -0.396 e. The fourth-order valence-corrected chi connectivity index (χ4v) is 1.06. The van der Waals surface area contributed by atoms with Gasteiger partial charge in [0, 0.05) is 18.8 Å². The summed E-state index contributed by atoms with van der Waals surface area (Å²) in [7, 11) is 0. The van der Waals surface area contributed by atoms with Gasteiger partial charge in [0.1, 0.15) is 5.69 Å². The highest BCUT2D eigenvalue weighted by Crippen LogP contribution is 1.95. The van der Waals surface area contributed by atoms with Gasteiger partial charge in [-0.2, -0.15) is 0 Å². The second-order valence-electron chi connectivity index (χ2n) is 3.10. The van der Waals surface area contributed by atoms with Crippen LogP contribution in [0.5, 0.6) is 0 Å². The number of aliphatic hydroxyl groups excluding tert-OH is 1. The lowest BCUT2D eigenvalue weighted by atomic mass is 10.2. The minimum atomic E-state index is -0.202. The molecule has 1 heterocycles. The highest BCUT2D eigenvalue weighted by Gasteiger charge is 2.09. The maximum atomic E-state index is 11.5. The molecule has 4 heteroatoms. The number of nitrogens with one attached hydrogen (secondary N) is 1. The minimum absolute atomic E-state index is 0.0329. The summed E-state index contributed by atoms with van der Waals surface area (Å²) in [4.78, 5) is 15.4. The average Bonchev–Trinajstić information content (AvgIpc) is 2.19. The van der Waals surface area contributed by atoms with Gasteiger partial charge in [0.15, 0.2) is 0 Å². The van der Waals surface area contributed by atoms with Crippen LogP contribution >= 0.6 is 0 Å². The van der Waals surface area contributed by atoms with Crippen LogP contribution in [0.2, 0.25) is 0 Å². The van der Waals surface area contributed by atoms with E-state index in [1.165, 1.54) is 0 Å². The van der Waals surface area contributed by atoms with Crippen molar-refractivity contribution in [2.45, 2.75) is 19.4 Å². The lowest BCUT2D eigenvalue weighted by Gasteiger charge is -2.11. The van der Waals surface area contributed by atoms with Gasteiger partial charge < -0.3 is 10.4 Å². The Morgan fingerprint density at radius 3 is 3.00 bits per heavy atom. The fraction of sp³-hybridized carbons (Fsp3) is 0.400. The molecule has 4 nitrogen and oxygen atoms in total. The van der Waals surface area contributed by atoms with Gasteiger partial charge in [0.05, 0.1) is 0 Å².